The highest BCUT2D eigenvalue weighted by molar-refractivity contribution is 6.08. The van der Waals surface area contributed by atoms with Gasteiger partial charge in [0.05, 0.1) is 11.8 Å². The second-order valence-electron chi connectivity index (χ2n) is 7.61. The van der Waals surface area contributed by atoms with Crippen LogP contribution in [0.5, 0.6) is 5.75 Å². The second kappa shape index (κ2) is 5.04. The predicted octanol–water partition coefficient (Wildman–Crippen LogP) is 2.03. The molecular weight excluding hydrogens is 318 g/mol. The van der Waals surface area contributed by atoms with E-state index in [-0.39, 0.29) is 35.5 Å². The van der Waals surface area contributed by atoms with Crippen molar-refractivity contribution in [1.29, 1.82) is 0 Å². The van der Waals surface area contributed by atoms with Crippen molar-refractivity contribution in [3.63, 3.8) is 0 Å². The lowest BCUT2D eigenvalue weighted by Crippen LogP contribution is -2.45. The van der Waals surface area contributed by atoms with Crippen LogP contribution >= 0.6 is 0 Å². The minimum absolute atomic E-state index is 0.166. The first-order valence-electron chi connectivity index (χ1n) is 8.90. The number of amides is 2. The average Bonchev–Trinajstić information content (AvgIpc) is 3.40. The van der Waals surface area contributed by atoms with E-state index >= 15 is 0 Å². The van der Waals surface area contributed by atoms with E-state index in [9.17, 15) is 14.4 Å². The van der Waals surface area contributed by atoms with Gasteiger partial charge in [-0.1, -0.05) is 30.4 Å². The van der Waals surface area contributed by atoms with Crippen molar-refractivity contribution in [3.05, 3.63) is 42.5 Å². The van der Waals surface area contributed by atoms with Gasteiger partial charge in [0.15, 0.2) is 0 Å². The molecule has 0 N–H and O–H groups in total. The zero-order valence-corrected chi connectivity index (χ0v) is 13.9. The van der Waals surface area contributed by atoms with E-state index < -0.39 is 12.0 Å². The summed E-state index contributed by atoms with van der Waals surface area (Å²) in [4.78, 5) is 39.6. The molecule has 0 radical (unpaired) electrons. The van der Waals surface area contributed by atoms with Crippen LogP contribution in [0.3, 0.4) is 0 Å². The van der Waals surface area contributed by atoms with Gasteiger partial charge in [0.25, 0.3) is 0 Å². The standard InChI is InChI=1S/C20H19NO4/c1-10(20(24)25-11-5-3-2-4-6-11)21-18(22)16-12-7-8-13(15-9-14(12)15)17(16)19(21)23/h2-8,10,12-17H,9H2,1H3/t10-,12+,13+,14+,15+,16-,17-/m1/s1. The molecule has 2 amide bonds. The Morgan fingerprint density at radius 2 is 1.60 bits per heavy atom. The van der Waals surface area contributed by atoms with Crippen LogP contribution in [-0.2, 0) is 14.4 Å². The number of imide groups is 1. The number of carbonyl (C=O) groups excluding carboxylic acids is 3. The number of carbonyl (C=O) groups is 3. The smallest absolute Gasteiger partial charge is 0.334 e. The molecule has 5 heteroatoms. The zero-order valence-electron chi connectivity index (χ0n) is 13.9. The maximum atomic E-state index is 13.0. The summed E-state index contributed by atoms with van der Waals surface area (Å²) >= 11 is 0. The van der Waals surface area contributed by atoms with Crippen LogP contribution < -0.4 is 4.74 Å². The van der Waals surface area contributed by atoms with E-state index in [0.29, 0.717) is 17.6 Å². The van der Waals surface area contributed by atoms with Gasteiger partial charge >= 0.3 is 5.97 Å². The molecule has 0 spiro atoms. The monoisotopic (exact) mass is 337 g/mol. The molecule has 0 unspecified atom stereocenters. The Balaban J connectivity index is 1.39. The van der Waals surface area contributed by atoms with E-state index in [0.717, 1.165) is 6.42 Å². The predicted molar refractivity (Wildman–Crippen MR) is 88.1 cm³/mol. The molecule has 2 bridgehead atoms. The number of rotatable bonds is 3. The van der Waals surface area contributed by atoms with Crippen molar-refractivity contribution in [3.8, 4) is 5.75 Å². The van der Waals surface area contributed by atoms with Crippen molar-refractivity contribution in [2.45, 2.75) is 19.4 Å². The Labute approximate surface area is 145 Å². The Hall–Kier alpha value is -2.43. The Morgan fingerprint density at radius 3 is 2.16 bits per heavy atom. The lowest BCUT2D eigenvalue weighted by atomic mass is 9.63. The first kappa shape index (κ1) is 14.9. The van der Waals surface area contributed by atoms with Gasteiger partial charge in [0.2, 0.25) is 11.8 Å². The Bertz CT molecular complexity index is 765. The van der Waals surface area contributed by atoms with Crippen LogP contribution in [0.2, 0.25) is 0 Å². The van der Waals surface area contributed by atoms with Crippen molar-refractivity contribution in [1.82, 2.24) is 4.90 Å². The number of nitrogens with zero attached hydrogens (tertiary/aromatic N) is 1. The maximum absolute atomic E-state index is 13.0. The zero-order chi connectivity index (χ0) is 17.3. The Kier molecular flexibility index (Phi) is 3.00. The molecule has 1 aliphatic heterocycles. The molecule has 1 heterocycles. The fourth-order valence-electron chi connectivity index (χ4n) is 5.16. The summed E-state index contributed by atoms with van der Waals surface area (Å²) in [5.74, 6) is 0.332. The number of benzene rings is 1. The average molecular weight is 337 g/mol. The highest BCUT2D eigenvalue weighted by Gasteiger charge is 2.67. The van der Waals surface area contributed by atoms with Crippen LogP contribution in [0.15, 0.2) is 42.5 Å². The number of ether oxygens (including phenoxy) is 1. The quantitative estimate of drug-likeness (QED) is 0.366. The van der Waals surface area contributed by atoms with Crippen molar-refractivity contribution in [2.75, 3.05) is 0 Å². The van der Waals surface area contributed by atoms with Crippen LogP contribution in [-0.4, -0.2) is 28.7 Å². The third-order valence-corrected chi connectivity index (χ3v) is 6.39. The van der Waals surface area contributed by atoms with Crippen molar-refractivity contribution < 1.29 is 19.1 Å². The molecular formula is C20H19NO4. The molecule has 5 aliphatic rings. The van der Waals surface area contributed by atoms with E-state index in [2.05, 4.69) is 12.2 Å². The summed E-state index contributed by atoms with van der Waals surface area (Å²) in [5, 5.41) is 0. The van der Waals surface area contributed by atoms with Gasteiger partial charge in [-0.15, -0.1) is 0 Å². The molecule has 1 aromatic rings. The van der Waals surface area contributed by atoms with E-state index in [4.69, 9.17) is 4.74 Å². The summed E-state index contributed by atoms with van der Waals surface area (Å²) in [6, 6.07) is 7.81. The fraction of sp³-hybridized carbons (Fsp3) is 0.450. The van der Waals surface area contributed by atoms with Crippen LogP contribution in [0.4, 0.5) is 0 Å². The first-order valence-corrected chi connectivity index (χ1v) is 8.90. The van der Waals surface area contributed by atoms with Gasteiger partial charge < -0.3 is 4.74 Å². The number of allylic oxidation sites excluding steroid dienone is 2. The minimum Gasteiger partial charge on any atom is -0.425 e. The molecule has 25 heavy (non-hydrogen) atoms. The molecule has 6 rings (SSSR count). The maximum Gasteiger partial charge on any atom is 0.334 e. The van der Waals surface area contributed by atoms with E-state index in [1.54, 1.807) is 31.2 Å². The van der Waals surface area contributed by atoms with E-state index in [1.165, 1.54) is 4.90 Å². The number of hydrogen-bond acceptors (Lipinski definition) is 4. The molecule has 128 valence electrons. The summed E-state index contributed by atoms with van der Waals surface area (Å²) in [6.07, 6.45) is 5.38. The number of likely N-dealkylation sites (tertiary alicyclic amines) is 1. The van der Waals surface area contributed by atoms with E-state index in [1.807, 2.05) is 6.07 Å². The molecule has 2 saturated carbocycles. The first-order chi connectivity index (χ1) is 12.1. The summed E-state index contributed by atoms with van der Waals surface area (Å²) < 4.78 is 5.34. The Morgan fingerprint density at radius 1 is 1.04 bits per heavy atom. The van der Waals surface area contributed by atoms with Gasteiger partial charge in [0.1, 0.15) is 11.8 Å². The third kappa shape index (κ3) is 1.98. The second-order valence-corrected chi connectivity index (χ2v) is 7.61. The molecule has 3 fully saturated rings. The summed E-state index contributed by atoms with van der Waals surface area (Å²) in [6.45, 7) is 1.58. The SMILES string of the molecule is C[C@H](C(=O)Oc1ccccc1)N1C(=O)[C@@H]2[C@H]3C=C[C@@H]([C@@H]4C[C@@H]34)[C@H]2C1=O. The largest absolute Gasteiger partial charge is 0.425 e. The molecule has 0 aromatic heterocycles. The van der Waals surface area contributed by atoms with Crippen LogP contribution in [0.1, 0.15) is 13.3 Å². The van der Waals surface area contributed by atoms with Gasteiger partial charge in [-0.25, -0.2) is 4.79 Å². The fourth-order valence-corrected chi connectivity index (χ4v) is 5.16. The van der Waals surface area contributed by atoms with Gasteiger partial charge in [0, 0.05) is 0 Å². The molecule has 4 aliphatic carbocycles. The molecule has 1 aromatic carbocycles. The normalized spacial score (nSPS) is 38.4. The third-order valence-electron chi connectivity index (χ3n) is 6.39. The number of esters is 1. The highest BCUT2D eigenvalue weighted by atomic mass is 16.5. The van der Waals surface area contributed by atoms with Crippen molar-refractivity contribution >= 4 is 17.8 Å². The molecule has 5 nitrogen and oxygen atoms in total. The lowest BCUT2D eigenvalue weighted by Gasteiger charge is -2.37. The van der Waals surface area contributed by atoms with Gasteiger partial charge in [-0.2, -0.15) is 0 Å². The summed E-state index contributed by atoms with van der Waals surface area (Å²) in [7, 11) is 0. The topological polar surface area (TPSA) is 63.7 Å². The van der Waals surface area contributed by atoms with Crippen molar-refractivity contribution in [2.24, 2.45) is 35.5 Å². The number of hydrogen-bond donors (Lipinski definition) is 0. The molecule has 1 saturated heterocycles. The minimum atomic E-state index is -0.901. The molecule has 7 atom stereocenters. The van der Waals surface area contributed by atoms with Crippen LogP contribution in [0.25, 0.3) is 0 Å². The summed E-state index contributed by atoms with van der Waals surface area (Å²) in [5.41, 5.74) is 0. The van der Waals surface area contributed by atoms with Gasteiger partial charge in [-0.05, 0) is 49.1 Å². The highest BCUT2D eigenvalue weighted by Crippen LogP contribution is 2.65. The lowest BCUT2D eigenvalue weighted by molar-refractivity contribution is -0.152. The van der Waals surface area contributed by atoms with Crippen LogP contribution in [0, 0.1) is 35.5 Å². The number of para-hydroxylation sites is 1. The van der Waals surface area contributed by atoms with Gasteiger partial charge in [-0.3, -0.25) is 14.5 Å².